The van der Waals surface area contributed by atoms with Crippen LogP contribution in [0.25, 0.3) is 0 Å². The summed E-state index contributed by atoms with van der Waals surface area (Å²) < 4.78 is 14.6. The summed E-state index contributed by atoms with van der Waals surface area (Å²) in [6.45, 7) is 3.57. The molecule has 0 bridgehead atoms. The van der Waals surface area contributed by atoms with Crippen molar-refractivity contribution >= 4 is 5.97 Å². The van der Waals surface area contributed by atoms with E-state index in [1.54, 1.807) is 13.8 Å². The van der Waals surface area contributed by atoms with Gasteiger partial charge in [0.2, 0.25) is 0 Å². The van der Waals surface area contributed by atoms with E-state index in [1.807, 2.05) is 0 Å². The highest BCUT2D eigenvalue weighted by molar-refractivity contribution is 5.76. The summed E-state index contributed by atoms with van der Waals surface area (Å²) in [6.07, 6.45) is -2.38. The molecule has 6 heteroatoms. The third-order valence-electron chi connectivity index (χ3n) is 1.86. The predicted molar refractivity (Wildman–Crippen MR) is 46.0 cm³/mol. The van der Waals surface area contributed by atoms with Crippen LogP contribution in [0.15, 0.2) is 0 Å². The van der Waals surface area contributed by atoms with Crippen molar-refractivity contribution in [2.75, 3.05) is 6.61 Å². The minimum Gasteiger partial charge on any atom is -0.465 e. The zero-order chi connectivity index (χ0) is 10.7. The quantitative estimate of drug-likeness (QED) is 0.569. The summed E-state index contributed by atoms with van der Waals surface area (Å²) in [5.74, 6) is -0.660. The number of ether oxygens (including phenoxy) is 3. The zero-order valence-corrected chi connectivity index (χ0v) is 8.17. The van der Waals surface area contributed by atoms with Gasteiger partial charge >= 0.3 is 5.97 Å². The number of hydrogen-bond donors (Lipinski definition) is 2. The fraction of sp³-hybridized carbons (Fsp3) is 0.875. The van der Waals surface area contributed by atoms with Gasteiger partial charge in [0.1, 0.15) is 12.1 Å². The van der Waals surface area contributed by atoms with Crippen LogP contribution in [0.4, 0.5) is 0 Å². The number of carbonyl (C=O) groups is 1. The van der Waals surface area contributed by atoms with Crippen LogP contribution in [0.5, 0.6) is 0 Å². The van der Waals surface area contributed by atoms with E-state index >= 15 is 0 Å². The van der Waals surface area contributed by atoms with Gasteiger partial charge in [-0.2, -0.15) is 0 Å². The Morgan fingerprint density at radius 3 is 2.64 bits per heavy atom. The molecule has 2 atom stereocenters. The molecule has 6 nitrogen and oxygen atoms in total. The lowest BCUT2D eigenvalue weighted by molar-refractivity contribution is -0.399. The van der Waals surface area contributed by atoms with Crippen molar-refractivity contribution in [2.24, 2.45) is 5.73 Å². The second kappa shape index (κ2) is 4.70. The molecule has 1 aliphatic heterocycles. The second-order valence-electron chi connectivity index (χ2n) is 2.98. The van der Waals surface area contributed by atoms with Gasteiger partial charge < -0.3 is 25.1 Å². The molecule has 1 saturated heterocycles. The lowest BCUT2D eigenvalue weighted by atomic mass is 10.1. The summed E-state index contributed by atoms with van der Waals surface area (Å²) in [6, 6.07) is -1.13. The summed E-state index contributed by atoms with van der Waals surface area (Å²) in [5.41, 5.74) is 5.42. The van der Waals surface area contributed by atoms with E-state index in [0.717, 1.165) is 0 Å². The van der Waals surface area contributed by atoms with Crippen molar-refractivity contribution in [3.63, 3.8) is 0 Å². The number of aliphatic hydroxyl groups excluding tert-OH is 1. The summed E-state index contributed by atoms with van der Waals surface area (Å²) >= 11 is 0. The maximum atomic E-state index is 11.1. The maximum Gasteiger partial charge on any atom is 0.325 e. The molecule has 0 spiro atoms. The number of hydrogen-bond acceptors (Lipinski definition) is 6. The minimum atomic E-state index is -1.19. The van der Waals surface area contributed by atoms with Gasteiger partial charge in [0, 0.05) is 0 Å². The van der Waals surface area contributed by atoms with Crippen molar-refractivity contribution in [3.05, 3.63) is 0 Å². The summed E-state index contributed by atoms with van der Waals surface area (Å²) in [4.78, 5) is 11.1. The van der Waals surface area contributed by atoms with E-state index in [4.69, 9.17) is 15.2 Å². The van der Waals surface area contributed by atoms with E-state index in [9.17, 15) is 9.90 Å². The molecule has 1 heterocycles. The highest BCUT2D eigenvalue weighted by Gasteiger charge is 2.39. The average molecular weight is 205 g/mol. The molecule has 2 unspecified atom stereocenters. The monoisotopic (exact) mass is 205 g/mol. The predicted octanol–water partition coefficient (Wildman–Crippen LogP) is -1.04. The standard InChI is InChI=1S/C8H15NO5/c1-3-12-7(11)5(9)6(10)8-13-4(2)14-8/h4-6,8,10H,3,9H2,1-2H3. The highest BCUT2D eigenvalue weighted by atomic mass is 16.9. The Bertz CT molecular complexity index is 204. The third-order valence-corrected chi connectivity index (χ3v) is 1.86. The van der Waals surface area contributed by atoms with E-state index in [2.05, 4.69) is 4.74 Å². The SMILES string of the molecule is CCOC(=O)C(N)C(O)C1OC(C)O1. The first-order valence-electron chi connectivity index (χ1n) is 4.47. The number of esters is 1. The van der Waals surface area contributed by atoms with Gasteiger partial charge in [0.05, 0.1) is 6.61 Å². The molecule has 0 saturated carbocycles. The zero-order valence-electron chi connectivity index (χ0n) is 8.17. The molecule has 1 rings (SSSR count). The number of rotatable bonds is 4. The molecule has 3 N–H and O–H groups in total. The largest absolute Gasteiger partial charge is 0.465 e. The van der Waals surface area contributed by atoms with Crippen LogP contribution in [0.1, 0.15) is 13.8 Å². The number of carbonyl (C=O) groups excluding carboxylic acids is 1. The first-order chi connectivity index (χ1) is 6.56. The van der Waals surface area contributed by atoms with Crippen LogP contribution in [0, 0.1) is 0 Å². The maximum absolute atomic E-state index is 11.1. The van der Waals surface area contributed by atoms with Gasteiger partial charge in [-0.05, 0) is 13.8 Å². The van der Waals surface area contributed by atoms with Crippen LogP contribution in [0.2, 0.25) is 0 Å². The number of aliphatic hydroxyl groups is 1. The Morgan fingerprint density at radius 2 is 2.21 bits per heavy atom. The highest BCUT2D eigenvalue weighted by Crippen LogP contribution is 2.20. The molecular weight excluding hydrogens is 190 g/mol. The molecule has 1 aliphatic rings. The Balaban J connectivity index is 2.36. The first kappa shape index (κ1) is 11.4. The topological polar surface area (TPSA) is 91.0 Å². The molecule has 0 aromatic rings. The second-order valence-corrected chi connectivity index (χ2v) is 2.98. The lowest BCUT2D eigenvalue weighted by Crippen LogP contribution is -2.56. The van der Waals surface area contributed by atoms with E-state index in [0.29, 0.717) is 0 Å². The summed E-state index contributed by atoms with van der Waals surface area (Å²) in [5, 5.41) is 9.48. The van der Waals surface area contributed by atoms with Crippen molar-refractivity contribution in [1.82, 2.24) is 0 Å². The van der Waals surface area contributed by atoms with Gasteiger partial charge in [-0.25, -0.2) is 0 Å². The molecule has 0 radical (unpaired) electrons. The van der Waals surface area contributed by atoms with Gasteiger partial charge in [0.25, 0.3) is 0 Å². The molecule has 0 amide bonds. The minimum absolute atomic E-state index is 0.224. The van der Waals surface area contributed by atoms with Crippen molar-refractivity contribution in [3.8, 4) is 0 Å². The van der Waals surface area contributed by atoms with Gasteiger partial charge in [-0.1, -0.05) is 0 Å². The smallest absolute Gasteiger partial charge is 0.325 e. The molecule has 82 valence electrons. The average Bonchev–Trinajstić information content (AvgIpc) is 2.11. The van der Waals surface area contributed by atoms with Crippen molar-refractivity contribution < 1.29 is 24.1 Å². The Labute approximate surface area is 81.9 Å². The normalized spacial score (nSPS) is 30.3. The van der Waals surface area contributed by atoms with Crippen LogP contribution in [0.3, 0.4) is 0 Å². The van der Waals surface area contributed by atoms with Gasteiger partial charge in [-0.15, -0.1) is 0 Å². The Morgan fingerprint density at radius 1 is 1.64 bits per heavy atom. The fourth-order valence-electron chi connectivity index (χ4n) is 1.10. The lowest BCUT2D eigenvalue weighted by Gasteiger charge is -2.37. The van der Waals surface area contributed by atoms with Crippen molar-refractivity contribution in [2.45, 2.75) is 38.6 Å². The Kier molecular flexibility index (Phi) is 3.82. The van der Waals surface area contributed by atoms with Crippen LogP contribution >= 0.6 is 0 Å². The third kappa shape index (κ3) is 2.42. The van der Waals surface area contributed by atoms with E-state index in [-0.39, 0.29) is 12.9 Å². The number of nitrogens with two attached hydrogens (primary N) is 1. The Hall–Kier alpha value is -0.690. The van der Waals surface area contributed by atoms with Crippen LogP contribution in [-0.4, -0.2) is 42.4 Å². The molecule has 1 fully saturated rings. The fourth-order valence-corrected chi connectivity index (χ4v) is 1.10. The summed E-state index contributed by atoms with van der Waals surface area (Å²) in [7, 11) is 0. The van der Waals surface area contributed by atoms with E-state index < -0.39 is 24.4 Å². The van der Waals surface area contributed by atoms with Crippen molar-refractivity contribution in [1.29, 1.82) is 0 Å². The molecule has 14 heavy (non-hydrogen) atoms. The van der Waals surface area contributed by atoms with Gasteiger partial charge in [0.15, 0.2) is 12.6 Å². The van der Waals surface area contributed by atoms with Crippen LogP contribution < -0.4 is 5.73 Å². The molecule has 0 aromatic carbocycles. The molecule has 0 aliphatic carbocycles. The molecule has 0 aromatic heterocycles. The van der Waals surface area contributed by atoms with E-state index in [1.165, 1.54) is 0 Å². The first-order valence-corrected chi connectivity index (χ1v) is 4.47. The van der Waals surface area contributed by atoms with Gasteiger partial charge in [-0.3, -0.25) is 4.79 Å². The van der Waals surface area contributed by atoms with Crippen LogP contribution in [-0.2, 0) is 19.0 Å². The molecular formula is C8H15NO5.